The van der Waals surface area contributed by atoms with Crippen molar-refractivity contribution >= 4 is 18.3 Å². The van der Waals surface area contributed by atoms with Gasteiger partial charge >= 0.3 is 0 Å². The highest BCUT2D eigenvalue weighted by Gasteiger charge is 2.24. The van der Waals surface area contributed by atoms with Crippen molar-refractivity contribution in [3.63, 3.8) is 0 Å². The quantitative estimate of drug-likeness (QED) is 0.791. The maximum Gasteiger partial charge on any atom is 0.223 e. The maximum absolute atomic E-state index is 12.0. The topological polar surface area (TPSA) is 50.4 Å². The Bertz CT molecular complexity index is 414. The van der Waals surface area contributed by atoms with E-state index in [1.54, 1.807) is 0 Å². The summed E-state index contributed by atoms with van der Waals surface area (Å²) in [7, 11) is 0. The van der Waals surface area contributed by atoms with Crippen LogP contribution in [0.1, 0.15) is 25.3 Å². The first kappa shape index (κ1) is 18.0. The molecule has 2 atom stereocenters. The zero-order valence-electron chi connectivity index (χ0n) is 12.5. The number of carbonyl (C=O) groups excluding carboxylic acids is 1. The molecule has 1 aliphatic heterocycles. The van der Waals surface area contributed by atoms with E-state index in [1.807, 2.05) is 30.3 Å². The fraction of sp³-hybridized carbons (Fsp3) is 0.562. The number of nitrogens with one attached hydrogen (secondary N) is 2. The van der Waals surface area contributed by atoms with Gasteiger partial charge in [0.25, 0.3) is 0 Å². The van der Waals surface area contributed by atoms with Crippen LogP contribution in [0.3, 0.4) is 0 Å². The van der Waals surface area contributed by atoms with Crippen molar-refractivity contribution in [3.05, 3.63) is 35.9 Å². The zero-order chi connectivity index (χ0) is 14.2. The molecule has 0 aromatic heterocycles. The number of hydrogen-bond donors (Lipinski definition) is 2. The molecule has 0 spiro atoms. The van der Waals surface area contributed by atoms with Crippen LogP contribution in [0.5, 0.6) is 0 Å². The molecule has 0 bridgehead atoms. The summed E-state index contributed by atoms with van der Waals surface area (Å²) in [5, 5.41) is 6.32. The number of rotatable bonds is 6. The molecule has 1 saturated heterocycles. The molecule has 21 heavy (non-hydrogen) atoms. The van der Waals surface area contributed by atoms with Crippen molar-refractivity contribution in [1.29, 1.82) is 0 Å². The zero-order valence-corrected chi connectivity index (χ0v) is 13.3. The highest BCUT2D eigenvalue weighted by molar-refractivity contribution is 5.85. The van der Waals surface area contributed by atoms with Gasteiger partial charge in [-0.2, -0.15) is 0 Å². The summed E-state index contributed by atoms with van der Waals surface area (Å²) < 4.78 is 5.55. The summed E-state index contributed by atoms with van der Waals surface area (Å²) in [6.45, 7) is 4.80. The minimum Gasteiger partial charge on any atom is -0.375 e. The largest absolute Gasteiger partial charge is 0.375 e. The predicted octanol–water partition coefficient (Wildman–Crippen LogP) is 2.13. The van der Waals surface area contributed by atoms with Crippen LogP contribution in [0.25, 0.3) is 0 Å². The molecule has 4 nitrogen and oxygen atoms in total. The second-order valence-corrected chi connectivity index (χ2v) is 5.41. The average Bonchev–Trinajstić information content (AvgIpc) is 2.48. The Morgan fingerprint density at radius 1 is 1.38 bits per heavy atom. The van der Waals surface area contributed by atoms with E-state index in [4.69, 9.17) is 4.74 Å². The van der Waals surface area contributed by atoms with Crippen LogP contribution in [-0.2, 0) is 16.1 Å². The van der Waals surface area contributed by atoms with Crippen molar-refractivity contribution in [2.24, 2.45) is 5.92 Å². The smallest absolute Gasteiger partial charge is 0.223 e. The summed E-state index contributed by atoms with van der Waals surface area (Å²) >= 11 is 0. The number of piperidine rings is 1. The third kappa shape index (κ3) is 6.46. The van der Waals surface area contributed by atoms with Gasteiger partial charge in [-0.25, -0.2) is 0 Å². The number of benzene rings is 1. The Morgan fingerprint density at radius 3 is 2.86 bits per heavy atom. The number of halogens is 1. The van der Waals surface area contributed by atoms with Gasteiger partial charge in [0.05, 0.1) is 13.2 Å². The minimum atomic E-state index is 0. The Hall–Kier alpha value is -1.10. The Balaban J connectivity index is 0.00000220. The summed E-state index contributed by atoms with van der Waals surface area (Å²) in [5.74, 6) is 0.321. The van der Waals surface area contributed by atoms with E-state index in [9.17, 15) is 4.79 Å². The van der Waals surface area contributed by atoms with Crippen LogP contribution in [0.15, 0.2) is 30.3 Å². The van der Waals surface area contributed by atoms with Gasteiger partial charge in [-0.15, -0.1) is 12.4 Å². The van der Waals surface area contributed by atoms with Gasteiger partial charge < -0.3 is 15.4 Å². The molecule has 5 heteroatoms. The van der Waals surface area contributed by atoms with Crippen molar-refractivity contribution in [1.82, 2.24) is 10.6 Å². The van der Waals surface area contributed by atoms with E-state index in [0.29, 0.717) is 25.8 Å². The molecule has 1 aromatic rings. The number of hydrogen-bond acceptors (Lipinski definition) is 3. The molecule has 0 saturated carbocycles. The molecule has 0 radical (unpaired) electrons. The molecule has 1 aliphatic rings. The van der Waals surface area contributed by atoms with E-state index in [-0.39, 0.29) is 24.2 Å². The number of ether oxygens (including phenoxy) is 1. The first-order valence-corrected chi connectivity index (χ1v) is 7.38. The lowest BCUT2D eigenvalue weighted by Crippen LogP contribution is -2.43. The van der Waals surface area contributed by atoms with E-state index < -0.39 is 0 Å². The molecule has 1 amide bonds. The van der Waals surface area contributed by atoms with Gasteiger partial charge in [-0.3, -0.25) is 4.79 Å². The fourth-order valence-corrected chi connectivity index (χ4v) is 2.53. The minimum absolute atomic E-state index is 0. The first-order valence-electron chi connectivity index (χ1n) is 7.38. The Kier molecular flexibility index (Phi) is 8.35. The van der Waals surface area contributed by atoms with Crippen molar-refractivity contribution in [3.8, 4) is 0 Å². The lowest BCUT2D eigenvalue weighted by molar-refractivity contribution is -0.126. The van der Waals surface area contributed by atoms with E-state index >= 15 is 0 Å². The molecule has 1 heterocycles. The molecule has 1 aromatic carbocycles. The van der Waals surface area contributed by atoms with Crippen LogP contribution >= 0.6 is 12.4 Å². The second kappa shape index (κ2) is 9.77. The predicted molar refractivity (Wildman–Crippen MR) is 86.5 cm³/mol. The average molecular weight is 313 g/mol. The summed E-state index contributed by atoms with van der Waals surface area (Å²) in [4.78, 5) is 12.0. The van der Waals surface area contributed by atoms with Gasteiger partial charge in [0, 0.05) is 18.5 Å². The number of carbonyl (C=O) groups is 1. The molecule has 2 N–H and O–H groups in total. The normalized spacial score (nSPS) is 21.4. The van der Waals surface area contributed by atoms with Crippen LogP contribution in [0, 0.1) is 5.92 Å². The lowest BCUT2D eigenvalue weighted by atomic mass is 9.92. The van der Waals surface area contributed by atoms with Crippen LogP contribution in [0.2, 0.25) is 0 Å². The van der Waals surface area contributed by atoms with Crippen molar-refractivity contribution in [2.75, 3.05) is 19.7 Å². The van der Waals surface area contributed by atoms with Gasteiger partial charge in [0.1, 0.15) is 0 Å². The van der Waals surface area contributed by atoms with Crippen molar-refractivity contribution < 1.29 is 9.53 Å². The fourth-order valence-electron chi connectivity index (χ4n) is 2.53. The second-order valence-electron chi connectivity index (χ2n) is 5.41. The van der Waals surface area contributed by atoms with Crippen LogP contribution < -0.4 is 10.6 Å². The maximum atomic E-state index is 12.0. The van der Waals surface area contributed by atoms with E-state index in [2.05, 4.69) is 17.6 Å². The Morgan fingerprint density at radius 2 is 2.14 bits per heavy atom. The summed E-state index contributed by atoms with van der Waals surface area (Å²) in [5.41, 5.74) is 1.16. The van der Waals surface area contributed by atoms with Gasteiger partial charge in [-0.1, -0.05) is 30.3 Å². The van der Waals surface area contributed by atoms with Crippen LogP contribution in [-0.4, -0.2) is 31.6 Å². The molecule has 2 rings (SSSR count). The lowest BCUT2D eigenvalue weighted by Gasteiger charge is -2.27. The third-order valence-corrected chi connectivity index (χ3v) is 3.65. The standard InChI is InChI=1S/C16H24N2O2.ClH/c1-13-11-15(7-8-17-13)16(19)18-9-10-20-12-14-5-3-2-4-6-14;/h2-6,13,15,17H,7-12H2,1H3,(H,18,19);1H/t13-,15-;/m0./s1. The van der Waals surface area contributed by atoms with E-state index in [1.165, 1.54) is 0 Å². The van der Waals surface area contributed by atoms with E-state index in [0.717, 1.165) is 24.9 Å². The third-order valence-electron chi connectivity index (χ3n) is 3.65. The Labute approximate surface area is 133 Å². The highest BCUT2D eigenvalue weighted by atomic mass is 35.5. The summed E-state index contributed by atoms with van der Waals surface area (Å²) in [6, 6.07) is 10.5. The van der Waals surface area contributed by atoms with Gasteiger partial charge in [0.2, 0.25) is 5.91 Å². The molecular formula is C16H25ClN2O2. The molecule has 1 fully saturated rings. The SMILES string of the molecule is C[C@H]1C[C@@H](C(=O)NCCOCc2ccccc2)CCN1.Cl. The van der Waals surface area contributed by atoms with Gasteiger partial charge in [0.15, 0.2) is 0 Å². The highest BCUT2D eigenvalue weighted by Crippen LogP contribution is 2.15. The molecule has 0 unspecified atom stereocenters. The molecule has 0 aliphatic carbocycles. The molecular weight excluding hydrogens is 288 g/mol. The van der Waals surface area contributed by atoms with Crippen molar-refractivity contribution in [2.45, 2.75) is 32.4 Å². The first-order chi connectivity index (χ1) is 9.75. The summed E-state index contributed by atoms with van der Waals surface area (Å²) in [6.07, 6.45) is 1.86. The molecule has 118 valence electrons. The number of amides is 1. The monoisotopic (exact) mass is 312 g/mol. The van der Waals surface area contributed by atoms with Crippen LogP contribution in [0.4, 0.5) is 0 Å². The van der Waals surface area contributed by atoms with Gasteiger partial charge in [-0.05, 0) is 31.9 Å².